The lowest BCUT2D eigenvalue weighted by molar-refractivity contribution is -0.178. The summed E-state index contributed by atoms with van der Waals surface area (Å²) >= 11 is 7.33. The quantitative estimate of drug-likeness (QED) is 0.450. The molecule has 0 aromatic rings. The van der Waals surface area contributed by atoms with Gasteiger partial charge in [0.15, 0.2) is 12.1 Å². The molecule has 0 saturated carbocycles. The van der Waals surface area contributed by atoms with Crippen molar-refractivity contribution in [1.29, 1.82) is 0 Å². The molecule has 20 heavy (non-hydrogen) atoms. The molecule has 1 amide bonds. The predicted octanol–water partition coefficient (Wildman–Crippen LogP) is 1.75. The number of nitrogens with zero attached hydrogens (tertiary/aromatic N) is 1. The number of fused-ring (bicyclic) bond motifs is 1. The fraction of sp³-hybridized carbons (Fsp3) is 0.692. The van der Waals surface area contributed by atoms with Crippen LogP contribution in [0.5, 0.6) is 0 Å². The van der Waals surface area contributed by atoms with E-state index >= 15 is 0 Å². The molecule has 0 bridgehead atoms. The van der Waals surface area contributed by atoms with Crippen LogP contribution in [-0.2, 0) is 19.1 Å². The van der Waals surface area contributed by atoms with Gasteiger partial charge in [-0.15, -0.1) is 23.4 Å². The molecule has 5 nitrogen and oxygen atoms in total. The number of carbonyl (C=O) groups excluding carboxylic acids is 2. The Bertz CT molecular complexity index is 460. The zero-order valence-electron chi connectivity index (χ0n) is 11.9. The highest BCUT2D eigenvalue weighted by atomic mass is 35.5. The Balaban J connectivity index is 2.24. The molecule has 0 spiro atoms. The number of hydrogen-bond acceptors (Lipinski definition) is 5. The van der Waals surface area contributed by atoms with E-state index in [1.807, 2.05) is 5.41 Å². The van der Waals surface area contributed by atoms with Crippen molar-refractivity contribution in [1.82, 2.24) is 4.90 Å². The van der Waals surface area contributed by atoms with Crippen molar-refractivity contribution in [2.24, 2.45) is 0 Å². The number of thioether (sulfide) groups is 1. The van der Waals surface area contributed by atoms with E-state index in [0.717, 1.165) is 0 Å². The molecule has 0 radical (unpaired) electrons. The summed E-state index contributed by atoms with van der Waals surface area (Å²) in [5, 5.41) is 1.65. The van der Waals surface area contributed by atoms with Crippen LogP contribution in [-0.4, -0.2) is 52.9 Å². The van der Waals surface area contributed by atoms with Gasteiger partial charge in [-0.05, 0) is 31.8 Å². The van der Waals surface area contributed by atoms with Gasteiger partial charge in [-0.3, -0.25) is 4.79 Å². The van der Waals surface area contributed by atoms with Gasteiger partial charge in [0, 0.05) is 13.0 Å². The van der Waals surface area contributed by atoms with E-state index in [1.165, 1.54) is 23.8 Å². The molecule has 2 aliphatic rings. The molecule has 2 unspecified atom stereocenters. The van der Waals surface area contributed by atoms with Crippen molar-refractivity contribution in [2.45, 2.75) is 43.9 Å². The molecule has 2 heterocycles. The molecule has 2 rings (SSSR count). The van der Waals surface area contributed by atoms with E-state index in [4.69, 9.17) is 21.1 Å². The van der Waals surface area contributed by atoms with Crippen molar-refractivity contribution < 1.29 is 19.1 Å². The van der Waals surface area contributed by atoms with E-state index in [0.29, 0.717) is 5.57 Å². The van der Waals surface area contributed by atoms with Crippen LogP contribution in [0.25, 0.3) is 0 Å². The summed E-state index contributed by atoms with van der Waals surface area (Å²) in [6, 6.07) is -0.739. The van der Waals surface area contributed by atoms with Crippen LogP contribution >= 0.6 is 23.4 Å². The van der Waals surface area contributed by atoms with Crippen molar-refractivity contribution in [3.8, 4) is 0 Å². The molecule has 0 aromatic heterocycles. The standard InChI is InChI=1S/C13H18ClNO4S/c1-13(2,3)19-12(17)8-7(5-14)6-20-11-9(18-4)10(16)15(8)11/h6,8-9,11H,5H2,1-4H3/t8?,9-,11?/m1/s1. The highest BCUT2D eigenvalue weighted by Crippen LogP contribution is 2.41. The van der Waals surface area contributed by atoms with Crippen molar-refractivity contribution in [3.05, 3.63) is 11.0 Å². The molecule has 112 valence electrons. The van der Waals surface area contributed by atoms with Gasteiger partial charge in [0.05, 0.1) is 0 Å². The predicted molar refractivity (Wildman–Crippen MR) is 77.5 cm³/mol. The Kier molecular flexibility index (Phi) is 4.37. The van der Waals surface area contributed by atoms with Crippen molar-refractivity contribution in [2.75, 3.05) is 13.0 Å². The van der Waals surface area contributed by atoms with Crippen molar-refractivity contribution in [3.63, 3.8) is 0 Å². The summed E-state index contributed by atoms with van der Waals surface area (Å²) in [4.78, 5) is 25.9. The first kappa shape index (κ1) is 15.7. The minimum Gasteiger partial charge on any atom is -0.458 e. The number of β-lactam (4-membered cyclic amide) rings is 1. The second kappa shape index (κ2) is 5.58. The summed E-state index contributed by atoms with van der Waals surface area (Å²) in [6.07, 6.45) is -0.502. The van der Waals surface area contributed by atoms with Gasteiger partial charge in [-0.1, -0.05) is 0 Å². The molecular weight excluding hydrogens is 302 g/mol. The number of ether oxygens (including phenoxy) is 2. The van der Waals surface area contributed by atoms with Gasteiger partial charge >= 0.3 is 5.97 Å². The maximum Gasteiger partial charge on any atom is 0.333 e. The van der Waals surface area contributed by atoms with Gasteiger partial charge in [-0.2, -0.15) is 0 Å². The molecule has 0 aromatic carbocycles. The highest BCUT2D eigenvalue weighted by Gasteiger charge is 2.56. The number of halogens is 1. The third kappa shape index (κ3) is 2.69. The van der Waals surface area contributed by atoms with Crippen LogP contribution in [0.1, 0.15) is 20.8 Å². The number of hydrogen-bond donors (Lipinski definition) is 0. The largest absolute Gasteiger partial charge is 0.458 e. The number of amides is 1. The summed E-state index contributed by atoms with van der Waals surface area (Å²) in [5.41, 5.74) is 0.0773. The molecule has 0 N–H and O–H groups in total. The first-order valence-electron chi connectivity index (χ1n) is 6.28. The fourth-order valence-corrected chi connectivity index (χ4v) is 3.78. The second-order valence-corrected chi connectivity index (χ2v) is 6.95. The summed E-state index contributed by atoms with van der Waals surface area (Å²) in [6.45, 7) is 5.37. The van der Waals surface area contributed by atoms with E-state index in [-0.39, 0.29) is 17.2 Å². The van der Waals surface area contributed by atoms with Gasteiger partial charge in [-0.25, -0.2) is 4.79 Å². The topological polar surface area (TPSA) is 55.8 Å². The number of carbonyl (C=O) groups is 2. The Morgan fingerprint density at radius 3 is 2.65 bits per heavy atom. The minimum atomic E-state index is -0.739. The third-order valence-corrected chi connectivity index (χ3v) is 4.56. The van der Waals surface area contributed by atoms with Crippen LogP contribution in [0.2, 0.25) is 0 Å². The maximum absolute atomic E-state index is 12.3. The fourth-order valence-electron chi connectivity index (χ4n) is 2.21. The first-order valence-corrected chi connectivity index (χ1v) is 7.76. The number of methoxy groups -OCH3 is 1. The monoisotopic (exact) mass is 319 g/mol. The SMILES string of the molecule is CO[C@@H]1C(=O)N2C(C(=O)OC(C)(C)C)C(CCl)=CSC12. The highest BCUT2D eigenvalue weighted by molar-refractivity contribution is 8.02. The van der Waals surface area contributed by atoms with Crippen LogP contribution in [0.3, 0.4) is 0 Å². The zero-order chi connectivity index (χ0) is 15.1. The van der Waals surface area contributed by atoms with Crippen LogP contribution in [0.4, 0.5) is 0 Å². The first-order chi connectivity index (χ1) is 9.30. The lowest BCUT2D eigenvalue weighted by Crippen LogP contribution is -2.70. The maximum atomic E-state index is 12.3. The Labute approximate surface area is 127 Å². The van der Waals surface area contributed by atoms with Gasteiger partial charge in [0.1, 0.15) is 11.0 Å². The molecule has 7 heteroatoms. The van der Waals surface area contributed by atoms with Gasteiger partial charge in [0.2, 0.25) is 0 Å². The van der Waals surface area contributed by atoms with Crippen LogP contribution < -0.4 is 0 Å². The van der Waals surface area contributed by atoms with Gasteiger partial charge < -0.3 is 14.4 Å². The molecular formula is C13H18ClNO4S. The summed E-state index contributed by atoms with van der Waals surface area (Å²) < 4.78 is 10.5. The lowest BCUT2D eigenvalue weighted by atomic mass is 10.0. The number of esters is 1. The van der Waals surface area contributed by atoms with E-state index in [9.17, 15) is 9.59 Å². The van der Waals surface area contributed by atoms with Gasteiger partial charge in [0.25, 0.3) is 5.91 Å². The Morgan fingerprint density at radius 1 is 1.50 bits per heavy atom. The molecule has 0 aliphatic carbocycles. The normalized spacial score (nSPS) is 29.4. The molecule has 1 saturated heterocycles. The summed E-state index contributed by atoms with van der Waals surface area (Å²) in [7, 11) is 1.49. The molecule has 3 atom stereocenters. The van der Waals surface area contributed by atoms with Crippen molar-refractivity contribution >= 4 is 35.2 Å². The zero-order valence-corrected chi connectivity index (χ0v) is 13.5. The average Bonchev–Trinajstić information content (AvgIpc) is 2.35. The Hall–Kier alpha value is -0.720. The van der Waals surface area contributed by atoms with Crippen LogP contribution in [0, 0.1) is 0 Å². The van der Waals surface area contributed by atoms with E-state index in [1.54, 1.807) is 20.8 Å². The molecule has 1 fully saturated rings. The number of rotatable bonds is 3. The second-order valence-electron chi connectivity index (χ2n) is 5.69. The van der Waals surface area contributed by atoms with Crippen LogP contribution in [0.15, 0.2) is 11.0 Å². The lowest BCUT2D eigenvalue weighted by Gasteiger charge is -2.51. The summed E-state index contributed by atoms with van der Waals surface area (Å²) in [5.74, 6) is -0.459. The average molecular weight is 320 g/mol. The van der Waals surface area contributed by atoms with E-state index < -0.39 is 23.7 Å². The number of alkyl halides is 1. The third-order valence-electron chi connectivity index (χ3n) is 3.06. The Morgan fingerprint density at radius 2 is 2.15 bits per heavy atom. The smallest absolute Gasteiger partial charge is 0.333 e. The van der Waals surface area contributed by atoms with E-state index in [2.05, 4.69) is 0 Å². The molecule has 2 aliphatic heterocycles. The minimum absolute atomic E-state index is 0.183.